The van der Waals surface area contributed by atoms with E-state index in [0.717, 1.165) is 11.3 Å². The molecule has 0 spiro atoms. The summed E-state index contributed by atoms with van der Waals surface area (Å²) in [6.45, 7) is 0. The first-order valence-electron chi connectivity index (χ1n) is 7.78. The van der Waals surface area contributed by atoms with Gasteiger partial charge < -0.3 is 15.4 Å². The van der Waals surface area contributed by atoms with Crippen molar-refractivity contribution >= 4 is 39.8 Å². The predicted molar refractivity (Wildman–Crippen MR) is 102 cm³/mol. The van der Waals surface area contributed by atoms with Crippen LogP contribution in [0.2, 0.25) is 0 Å². The third kappa shape index (κ3) is 4.79. The lowest BCUT2D eigenvalue weighted by molar-refractivity contribution is 0.102. The molecular weight excluding hydrogens is 371 g/mol. The Kier molecular flexibility index (Phi) is 5.62. The summed E-state index contributed by atoms with van der Waals surface area (Å²) in [5.74, 6) is -0.299. The Morgan fingerprint density at radius 2 is 1.78 bits per heavy atom. The fraction of sp³-hybridized carbons (Fsp3) is 0.0556. The first kappa shape index (κ1) is 18.3. The maximum absolute atomic E-state index is 12.9. The second kappa shape index (κ2) is 8.28. The standard InChI is InChI=1S/C18H15FN4O3S/c1-26-15-5-3-2-4-13(15)21-16(24)14-10-27-18(22-14)23-17(25)20-12-8-6-11(19)7-9-12/h2-10H,1H3,(H,21,24)(H2,20,22,23,25). The predicted octanol–water partition coefficient (Wildman–Crippen LogP) is 4.19. The zero-order valence-electron chi connectivity index (χ0n) is 14.2. The van der Waals surface area contributed by atoms with E-state index in [2.05, 4.69) is 20.9 Å². The van der Waals surface area contributed by atoms with Crippen LogP contribution in [0.15, 0.2) is 53.9 Å². The van der Waals surface area contributed by atoms with E-state index in [4.69, 9.17) is 4.74 Å². The Morgan fingerprint density at radius 1 is 1.04 bits per heavy atom. The molecule has 1 heterocycles. The molecule has 7 nitrogen and oxygen atoms in total. The van der Waals surface area contributed by atoms with Gasteiger partial charge in [0.15, 0.2) is 5.13 Å². The van der Waals surface area contributed by atoms with Crippen LogP contribution < -0.4 is 20.7 Å². The van der Waals surface area contributed by atoms with E-state index in [9.17, 15) is 14.0 Å². The molecule has 3 aromatic rings. The molecule has 138 valence electrons. The second-order valence-electron chi connectivity index (χ2n) is 5.28. The number of nitrogens with zero attached hydrogens (tertiary/aromatic N) is 1. The molecule has 0 radical (unpaired) electrons. The number of para-hydroxylation sites is 2. The number of aromatic nitrogens is 1. The van der Waals surface area contributed by atoms with Gasteiger partial charge >= 0.3 is 6.03 Å². The van der Waals surface area contributed by atoms with Crippen molar-refractivity contribution in [3.05, 3.63) is 65.4 Å². The number of carbonyl (C=O) groups excluding carboxylic acids is 2. The van der Waals surface area contributed by atoms with Crippen molar-refractivity contribution in [1.29, 1.82) is 0 Å². The molecule has 0 aliphatic rings. The fourth-order valence-corrected chi connectivity index (χ4v) is 2.85. The minimum Gasteiger partial charge on any atom is -0.495 e. The van der Waals surface area contributed by atoms with E-state index in [1.54, 1.807) is 24.3 Å². The number of thiazole rings is 1. The van der Waals surface area contributed by atoms with E-state index < -0.39 is 17.8 Å². The number of anilines is 3. The van der Waals surface area contributed by atoms with Crippen LogP contribution in [0.5, 0.6) is 5.75 Å². The molecule has 0 aliphatic carbocycles. The van der Waals surface area contributed by atoms with Gasteiger partial charge in [0, 0.05) is 11.1 Å². The number of urea groups is 1. The quantitative estimate of drug-likeness (QED) is 0.613. The Hall–Kier alpha value is -3.46. The smallest absolute Gasteiger partial charge is 0.325 e. The Bertz CT molecular complexity index is 959. The van der Waals surface area contributed by atoms with Crippen LogP contribution in [0.1, 0.15) is 10.5 Å². The Morgan fingerprint density at radius 3 is 2.52 bits per heavy atom. The van der Waals surface area contributed by atoms with E-state index in [0.29, 0.717) is 17.1 Å². The molecular formula is C18H15FN4O3S. The molecule has 2 aromatic carbocycles. The van der Waals surface area contributed by atoms with Gasteiger partial charge in [0.25, 0.3) is 5.91 Å². The molecule has 0 aliphatic heterocycles. The number of carbonyl (C=O) groups is 2. The van der Waals surface area contributed by atoms with Crippen molar-refractivity contribution in [2.24, 2.45) is 0 Å². The molecule has 9 heteroatoms. The molecule has 0 saturated carbocycles. The minimum absolute atomic E-state index is 0.156. The number of rotatable bonds is 5. The number of ether oxygens (including phenoxy) is 1. The molecule has 0 fully saturated rings. The number of methoxy groups -OCH3 is 1. The van der Waals surface area contributed by atoms with Gasteiger partial charge in [-0.1, -0.05) is 12.1 Å². The van der Waals surface area contributed by atoms with Crippen LogP contribution in [0.3, 0.4) is 0 Å². The van der Waals surface area contributed by atoms with Gasteiger partial charge in [0.05, 0.1) is 12.8 Å². The van der Waals surface area contributed by atoms with Crippen LogP contribution in [-0.4, -0.2) is 24.0 Å². The Labute approximate surface area is 158 Å². The minimum atomic E-state index is -0.548. The van der Waals surface area contributed by atoms with Crippen molar-refractivity contribution in [3.63, 3.8) is 0 Å². The van der Waals surface area contributed by atoms with E-state index >= 15 is 0 Å². The van der Waals surface area contributed by atoms with Gasteiger partial charge in [-0.05, 0) is 36.4 Å². The first-order valence-corrected chi connectivity index (χ1v) is 8.66. The lowest BCUT2D eigenvalue weighted by atomic mass is 10.3. The second-order valence-corrected chi connectivity index (χ2v) is 6.14. The fourth-order valence-electron chi connectivity index (χ4n) is 2.16. The van der Waals surface area contributed by atoms with Crippen LogP contribution in [0.4, 0.5) is 25.7 Å². The summed E-state index contributed by atoms with van der Waals surface area (Å²) >= 11 is 1.10. The number of hydrogen-bond donors (Lipinski definition) is 3. The monoisotopic (exact) mass is 386 g/mol. The Balaban J connectivity index is 1.61. The van der Waals surface area contributed by atoms with Crippen LogP contribution >= 0.6 is 11.3 Å². The third-order valence-electron chi connectivity index (χ3n) is 3.41. The van der Waals surface area contributed by atoms with E-state index in [1.807, 2.05) is 0 Å². The summed E-state index contributed by atoms with van der Waals surface area (Å²) < 4.78 is 18.1. The highest BCUT2D eigenvalue weighted by molar-refractivity contribution is 7.14. The van der Waals surface area contributed by atoms with Gasteiger partial charge in [-0.25, -0.2) is 14.2 Å². The summed E-state index contributed by atoms with van der Waals surface area (Å²) in [6.07, 6.45) is 0. The van der Waals surface area contributed by atoms with Gasteiger partial charge in [0.1, 0.15) is 17.3 Å². The average molecular weight is 386 g/mol. The van der Waals surface area contributed by atoms with Gasteiger partial charge in [-0.15, -0.1) is 11.3 Å². The SMILES string of the molecule is COc1ccccc1NC(=O)c1csc(NC(=O)Nc2ccc(F)cc2)n1. The number of amides is 3. The molecule has 3 amide bonds. The summed E-state index contributed by atoms with van der Waals surface area (Å²) in [6, 6.07) is 11.8. The van der Waals surface area contributed by atoms with E-state index in [1.165, 1.54) is 36.8 Å². The molecule has 0 atom stereocenters. The number of halogens is 1. The molecule has 0 unspecified atom stereocenters. The summed E-state index contributed by atoms with van der Waals surface area (Å²) in [7, 11) is 1.51. The summed E-state index contributed by atoms with van der Waals surface area (Å²) in [5, 5.41) is 9.55. The van der Waals surface area contributed by atoms with Gasteiger partial charge in [-0.2, -0.15) is 0 Å². The molecule has 3 N–H and O–H groups in total. The highest BCUT2D eigenvalue weighted by Gasteiger charge is 2.14. The summed E-state index contributed by atoms with van der Waals surface area (Å²) in [4.78, 5) is 28.4. The van der Waals surface area contributed by atoms with Crippen molar-refractivity contribution < 1.29 is 18.7 Å². The lowest BCUT2D eigenvalue weighted by Crippen LogP contribution is -2.19. The maximum Gasteiger partial charge on any atom is 0.325 e. The highest BCUT2D eigenvalue weighted by Crippen LogP contribution is 2.24. The van der Waals surface area contributed by atoms with Crippen LogP contribution in [-0.2, 0) is 0 Å². The average Bonchev–Trinajstić information content (AvgIpc) is 3.12. The van der Waals surface area contributed by atoms with Crippen molar-refractivity contribution in [2.45, 2.75) is 0 Å². The first-order chi connectivity index (χ1) is 13.0. The summed E-state index contributed by atoms with van der Waals surface area (Å²) in [5.41, 5.74) is 1.10. The van der Waals surface area contributed by atoms with E-state index in [-0.39, 0.29) is 10.8 Å². The molecule has 27 heavy (non-hydrogen) atoms. The molecule has 0 bridgehead atoms. The van der Waals surface area contributed by atoms with Crippen LogP contribution in [0.25, 0.3) is 0 Å². The van der Waals surface area contributed by atoms with Crippen LogP contribution in [0, 0.1) is 5.82 Å². The number of benzene rings is 2. The van der Waals surface area contributed by atoms with Crippen molar-refractivity contribution in [1.82, 2.24) is 4.98 Å². The largest absolute Gasteiger partial charge is 0.495 e. The highest BCUT2D eigenvalue weighted by atomic mass is 32.1. The third-order valence-corrected chi connectivity index (χ3v) is 4.17. The van der Waals surface area contributed by atoms with Crippen molar-refractivity contribution in [3.8, 4) is 5.75 Å². The number of hydrogen-bond acceptors (Lipinski definition) is 5. The van der Waals surface area contributed by atoms with Gasteiger partial charge in [-0.3, -0.25) is 10.1 Å². The molecule has 3 rings (SSSR count). The van der Waals surface area contributed by atoms with Crippen molar-refractivity contribution in [2.75, 3.05) is 23.1 Å². The zero-order valence-corrected chi connectivity index (χ0v) is 15.0. The topological polar surface area (TPSA) is 92.4 Å². The normalized spacial score (nSPS) is 10.1. The maximum atomic E-state index is 12.9. The molecule has 0 saturated heterocycles. The lowest BCUT2D eigenvalue weighted by Gasteiger charge is -2.08. The molecule has 1 aromatic heterocycles. The zero-order chi connectivity index (χ0) is 19.2. The van der Waals surface area contributed by atoms with Gasteiger partial charge in [0.2, 0.25) is 0 Å². The number of nitrogens with one attached hydrogen (secondary N) is 3.